The lowest BCUT2D eigenvalue weighted by molar-refractivity contribution is -0.115. The van der Waals surface area contributed by atoms with Crippen molar-refractivity contribution in [1.82, 2.24) is 0 Å². The number of anilines is 1. The van der Waals surface area contributed by atoms with E-state index in [1.807, 2.05) is 6.92 Å². The van der Waals surface area contributed by atoms with Crippen molar-refractivity contribution >= 4 is 38.2 Å². The Kier molecular flexibility index (Phi) is 4.44. The maximum absolute atomic E-state index is 11.5. The van der Waals surface area contributed by atoms with Gasteiger partial charge in [0.05, 0.1) is 0 Å². The topological polar surface area (TPSA) is 29.1 Å². The number of hydrogen-bond acceptors (Lipinski definition) is 1. The van der Waals surface area contributed by atoms with Gasteiger partial charge in [0.2, 0.25) is 5.91 Å². The summed E-state index contributed by atoms with van der Waals surface area (Å²) in [5.74, 6) is 0.594. The average Bonchev–Trinajstić information content (AvgIpc) is 2.28. The van der Waals surface area contributed by atoms with Gasteiger partial charge in [-0.05, 0) is 18.4 Å². The molecule has 2 nitrogen and oxygen atoms in total. The standard InChI is InChI=1S/C13H21B2NO/c1-5-11(17)16-13-8(4)12(15)9(7(2)3)6-10(13)14/h6-7H,5,14-15H2,1-4H3,(H,16,17). The Morgan fingerprint density at radius 3 is 2.47 bits per heavy atom. The van der Waals surface area contributed by atoms with E-state index in [9.17, 15) is 4.79 Å². The highest BCUT2D eigenvalue weighted by Crippen LogP contribution is 2.17. The fraction of sp³-hybridized carbons (Fsp3) is 0.462. The number of amides is 1. The van der Waals surface area contributed by atoms with Gasteiger partial charge in [-0.2, -0.15) is 0 Å². The highest BCUT2D eigenvalue weighted by molar-refractivity contribution is 6.40. The molecule has 0 bridgehead atoms. The molecule has 1 N–H and O–H groups in total. The van der Waals surface area contributed by atoms with Crippen molar-refractivity contribution in [1.29, 1.82) is 0 Å². The second kappa shape index (κ2) is 5.44. The molecule has 0 aromatic heterocycles. The van der Waals surface area contributed by atoms with Crippen molar-refractivity contribution in [2.75, 3.05) is 5.32 Å². The number of carbonyl (C=O) groups is 1. The van der Waals surface area contributed by atoms with Gasteiger partial charge in [-0.25, -0.2) is 0 Å². The van der Waals surface area contributed by atoms with E-state index in [1.165, 1.54) is 16.6 Å². The number of hydrogen-bond donors (Lipinski definition) is 1. The number of rotatable bonds is 3. The Labute approximate surface area is 106 Å². The van der Waals surface area contributed by atoms with Crippen LogP contribution in [0, 0.1) is 6.92 Å². The van der Waals surface area contributed by atoms with Crippen molar-refractivity contribution in [2.24, 2.45) is 0 Å². The predicted molar refractivity (Wildman–Crippen MR) is 80.5 cm³/mol. The molecule has 0 radical (unpaired) electrons. The monoisotopic (exact) mass is 229 g/mol. The summed E-state index contributed by atoms with van der Waals surface area (Å²) >= 11 is 0. The van der Waals surface area contributed by atoms with Crippen LogP contribution < -0.4 is 16.2 Å². The first-order valence-corrected chi connectivity index (χ1v) is 6.29. The molecule has 90 valence electrons. The molecule has 1 aromatic carbocycles. The smallest absolute Gasteiger partial charge is 0.224 e. The zero-order valence-electron chi connectivity index (χ0n) is 11.8. The van der Waals surface area contributed by atoms with E-state index in [0.717, 1.165) is 11.2 Å². The van der Waals surface area contributed by atoms with Gasteiger partial charge in [0.15, 0.2) is 0 Å². The first kappa shape index (κ1) is 13.9. The number of nitrogens with one attached hydrogen (secondary N) is 1. The lowest BCUT2D eigenvalue weighted by Gasteiger charge is -2.19. The summed E-state index contributed by atoms with van der Waals surface area (Å²) in [5.41, 5.74) is 5.99. The molecular formula is C13H21B2NO. The Bertz CT molecular complexity index is 442. The van der Waals surface area contributed by atoms with E-state index >= 15 is 0 Å². The maximum atomic E-state index is 11.5. The average molecular weight is 229 g/mol. The molecule has 0 aliphatic rings. The molecule has 1 amide bonds. The van der Waals surface area contributed by atoms with Crippen molar-refractivity contribution in [3.8, 4) is 0 Å². The third-order valence-corrected chi connectivity index (χ3v) is 3.34. The van der Waals surface area contributed by atoms with Crippen molar-refractivity contribution in [3.63, 3.8) is 0 Å². The summed E-state index contributed by atoms with van der Waals surface area (Å²) in [4.78, 5) is 11.5. The van der Waals surface area contributed by atoms with Gasteiger partial charge in [-0.1, -0.05) is 43.3 Å². The minimum absolute atomic E-state index is 0.0768. The molecule has 0 saturated heterocycles. The largest absolute Gasteiger partial charge is 0.326 e. The Morgan fingerprint density at radius 2 is 2.00 bits per heavy atom. The van der Waals surface area contributed by atoms with Gasteiger partial charge >= 0.3 is 0 Å². The second-order valence-electron chi connectivity index (χ2n) is 4.96. The molecule has 1 aromatic rings. The highest BCUT2D eigenvalue weighted by atomic mass is 16.1. The van der Waals surface area contributed by atoms with Crippen molar-refractivity contribution in [2.45, 2.75) is 40.0 Å². The minimum Gasteiger partial charge on any atom is -0.326 e. The molecule has 4 heteroatoms. The summed E-state index contributed by atoms with van der Waals surface area (Å²) in [7, 11) is 4.19. The van der Waals surface area contributed by atoms with Crippen LogP contribution >= 0.6 is 0 Å². The first-order chi connectivity index (χ1) is 7.88. The van der Waals surface area contributed by atoms with Gasteiger partial charge in [0, 0.05) is 12.1 Å². The van der Waals surface area contributed by atoms with E-state index in [0.29, 0.717) is 12.3 Å². The van der Waals surface area contributed by atoms with Gasteiger partial charge in [-0.3, -0.25) is 4.79 Å². The lowest BCUT2D eigenvalue weighted by atomic mass is 9.76. The van der Waals surface area contributed by atoms with Crippen molar-refractivity contribution in [3.05, 3.63) is 17.2 Å². The second-order valence-corrected chi connectivity index (χ2v) is 4.96. The van der Waals surface area contributed by atoms with E-state index in [1.54, 1.807) is 0 Å². The summed E-state index contributed by atoms with van der Waals surface area (Å²) in [6.45, 7) is 8.35. The third-order valence-electron chi connectivity index (χ3n) is 3.34. The summed E-state index contributed by atoms with van der Waals surface area (Å²) in [6, 6.07) is 2.19. The molecule has 17 heavy (non-hydrogen) atoms. The van der Waals surface area contributed by atoms with Crippen LogP contribution in [0.3, 0.4) is 0 Å². The van der Waals surface area contributed by atoms with Gasteiger partial charge < -0.3 is 5.32 Å². The van der Waals surface area contributed by atoms with Crippen LogP contribution in [0.25, 0.3) is 0 Å². The van der Waals surface area contributed by atoms with Crippen LogP contribution in [0.5, 0.6) is 0 Å². The van der Waals surface area contributed by atoms with Crippen molar-refractivity contribution < 1.29 is 4.79 Å². The van der Waals surface area contributed by atoms with Crippen LogP contribution in [0.2, 0.25) is 0 Å². The van der Waals surface area contributed by atoms with Crippen LogP contribution in [0.15, 0.2) is 6.07 Å². The quantitative estimate of drug-likeness (QED) is 0.725. The molecule has 0 heterocycles. The Morgan fingerprint density at radius 1 is 1.41 bits per heavy atom. The molecule has 0 aliphatic carbocycles. The summed E-state index contributed by atoms with van der Waals surface area (Å²) < 4.78 is 0. The van der Waals surface area contributed by atoms with E-state index in [-0.39, 0.29) is 5.91 Å². The zero-order chi connectivity index (χ0) is 13.2. The minimum atomic E-state index is 0.0768. The number of carbonyl (C=O) groups excluding carboxylic acids is 1. The molecule has 0 spiro atoms. The molecule has 0 unspecified atom stereocenters. The van der Waals surface area contributed by atoms with E-state index < -0.39 is 0 Å². The van der Waals surface area contributed by atoms with Gasteiger partial charge in [0.1, 0.15) is 15.7 Å². The maximum Gasteiger partial charge on any atom is 0.224 e. The van der Waals surface area contributed by atoms with Crippen LogP contribution in [0.1, 0.15) is 44.2 Å². The lowest BCUT2D eigenvalue weighted by Crippen LogP contribution is -2.27. The highest BCUT2D eigenvalue weighted by Gasteiger charge is 2.13. The Balaban J connectivity index is 3.25. The van der Waals surface area contributed by atoms with E-state index in [4.69, 9.17) is 0 Å². The fourth-order valence-corrected chi connectivity index (χ4v) is 2.13. The predicted octanol–water partition coefficient (Wildman–Crippen LogP) is -0.0163. The normalized spacial score (nSPS) is 10.6. The van der Waals surface area contributed by atoms with Crippen LogP contribution in [0.4, 0.5) is 5.69 Å². The SMILES string of the molecule is Bc1cc(C(C)C)c(B)c(C)c1NC(=O)CC. The molecule has 1 rings (SSSR count). The Hall–Kier alpha value is -1.18. The zero-order valence-corrected chi connectivity index (χ0v) is 11.8. The van der Waals surface area contributed by atoms with Gasteiger partial charge in [0.25, 0.3) is 0 Å². The third kappa shape index (κ3) is 2.93. The fourth-order valence-electron chi connectivity index (χ4n) is 2.13. The molecular weight excluding hydrogens is 208 g/mol. The number of benzene rings is 1. The summed E-state index contributed by atoms with van der Waals surface area (Å²) in [6.07, 6.45) is 0.518. The molecule has 0 fully saturated rings. The molecule has 0 saturated carbocycles. The van der Waals surface area contributed by atoms with Gasteiger partial charge in [-0.15, -0.1) is 0 Å². The molecule has 0 aliphatic heterocycles. The van der Waals surface area contributed by atoms with Crippen LogP contribution in [-0.2, 0) is 4.79 Å². The molecule has 0 atom stereocenters. The van der Waals surface area contributed by atoms with Crippen LogP contribution in [-0.4, -0.2) is 21.6 Å². The first-order valence-electron chi connectivity index (χ1n) is 6.29. The van der Waals surface area contributed by atoms with E-state index in [2.05, 4.69) is 47.8 Å². The summed E-state index contributed by atoms with van der Waals surface area (Å²) in [5, 5.41) is 3.00.